The molecule has 0 saturated heterocycles. The maximum Gasteiger partial charge on any atom is 0.0159 e. The van der Waals surface area contributed by atoms with E-state index in [0.29, 0.717) is 0 Å². The Morgan fingerprint density at radius 1 is 0.294 bits per heavy atom. The van der Waals surface area contributed by atoms with Crippen LogP contribution in [-0.2, 0) is 5.41 Å². The van der Waals surface area contributed by atoms with Crippen LogP contribution in [0.2, 0.25) is 0 Å². The minimum absolute atomic E-state index is 0.0210. The van der Waals surface area contributed by atoms with Crippen molar-refractivity contribution < 1.29 is 0 Å². The summed E-state index contributed by atoms with van der Waals surface area (Å²) in [6.07, 6.45) is 0. The molecule has 0 radical (unpaired) electrons. The molecule has 0 heteroatoms. The summed E-state index contributed by atoms with van der Waals surface area (Å²) in [6, 6.07) is 67.4. The molecule has 240 valence electrons. The lowest BCUT2D eigenvalue weighted by Gasteiger charge is -2.22. The molecule has 10 rings (SSSR count). The summed E-state index contributed by atoms with van der Waals surface area (Å²) in [5, 5.41) is 7.57. The molecule has 51 heavy (non-hydrogen) atoms. The second-order valence-electron chi connectivity index (χ2n) is 14.5. The first-order valence-electron chi connectivity index (χ1n) is 17.9. The average Bonchev–Trinajstić information content (AvgIpc) is 3.42. The van der Waals surface area contributed by atoms with Gasteiger partial charge in [0.05, 0.1) is 0 Å². The Kier molecular flexibility index (Phi) is 6.63. The fourth-order valence-corrected chi connectivity index (χ4v) is 8.75. The van der Waals surface area contributed by atoms with Gasteiger partial charge in [-0.3, -0.25) is 0 Å². The van der Waals surface area contributed by atoms with Gasteiger partial charge in [0.2, 0.25) is 0 Å². The Morgan fingerprint density at radius 2 is 0.784 bits per heavy atom. The molecule has 0 unspecified atom stereocenters. The second kappa shape index (κ2) is 11.4. The van der Waals surface area contributed by atoms with Crippen molar-refractivity contribution >= 4 is 32.3 Å². The highest BCUT2D eigenvalue weighted by Gasteiger charge is 2.35. The van der Waals surface area contributed by atoms with Crippen LogP contribution in [0.25, 0.3) is 88.0 Å². The van der Waals surface area contributed by atoms with E-state index >= 15 is 0 Å². The molecule has 0 heterocycles. The Hall–Kier alpha value is -6.24. The van der Waals surface area contributed by atoms with Crippen molar-refractivity contribution in [2.45, 2.75) is 19.3 Å². The van der Waals surface area contributed by atoms with E-state index in [4.69, 9.17) is 0 Å². The molecule has 0 bridgehead atoms. The highest BCUT2D eigenvalue weighted by molar-refractivity contribution is 6.23. The van der Waals surface area contributed by atoms with Crippen LogP contribution in [0, 0.1) is 0 Å². The van der Waals surface area contributed by atoms with Gasteiger partial charge in [-0.05, 0) is 117 Å². The number of hydrogen-bond donors (Lipinski definition) is 0. The average molecular weight is 649 g/mol. The molecule has 0 amide bonds. The Balaban J connectivity index is 1.16. The third-order valence-electron chi connectivity index (χ3n) is 11.3. The first kappa shape index (κ1) is 29.7. The predicted octanol–water partition coefficient (Wildman–Crippen LogP) is 14.1. The van der Waals surface area contributed by atoms with Gasteiger partial charge in [-0.15, -0.1) is 0 Å². The number of benzene rings is 9. The van der Waals surface area contributed by atoms with Crippen molar-refractivity contribution in [2.75, 3.05) is 0 Å². The summed E-state index contributed by atoms with van der Waals surface area (Å²) in [7, 11) is 0. The molecule has 1 aliphatic carbocycles. The molecule has 0 N–H and O–H groups in total. The largest absolute Gasteiger partial charge is 0.0622 e. The maximum absolute atomic E-state index is 2.41. The first-order valence-corrected chi connectivity index (χ1v) is 17.9. The predicted molar refractivity (Wildman–Crippen MR) is 218 cm³/mol. The van der Waals surface area contributed by atoms with Crippen LogP contribution < -0.4 is 0 Å². The van der Waals surface area contributed by atoms with Gasteiger partial charge in [0.25, 0.3) is 0 Å². The van der Waals surface area contributed by atoms with Crippen molar-refractivity contribution in [2.24, 2.45) is 0 Å². The lowest BCUT2D eigenvalue weighted by Crippen LogP contribution is -2.14. The Labute approximate surface area is 299 Å². The van der Waals surface area contributed by atoms with E-state index in [2.05, 4.69) is 196 Å². The van der Waals surface area contributed by atoms with Crippen molar-refractivity contribution in [1.29, 1.82) is 0 Å². The van der Waals surface area contributed by atoms with E-state index in [1.54, 1.807) is 0 Å². The van der Waals surface area contributed by atoms with Crippen LogP contribution in [0.15, 0.2) is 182 Å². The quantitative estimate of drug-likeness (QED) is 0.167. The van der Waals surface area contributed by atoms with E-state index in [9.17, 15) is 0 Å². The zero-order valence-electron chi connectivity index (χ0n) is 28.8. The van der Waals surface area contributed by atoms with Crippen molar-refractivity contribution in [3.05, 3.63) is 193 Å². The molecule has 0 aromatic heterocycles. The van der Waals surface area contributed by atoms with E-state index in [1.165, 1.54) is 99.1 Å². The molecule has 0 spiro atoms. The van der Waals surface area contributed by atoms with Crippen LogP contribution in [0.1, 0.15) is 25.0 Å². The molecular formula is C51H36. The van der Waals surface area contributed by atoms with Crippen molar-refractivity contribution in [3.63, 3.8) is 0 Å². The summed E-state index contributed by atoms with van der Waals surface area (Å²) in [5.74, 6) is 0. The zero-order chi connectivity index (χ0) is 34.1. The molecule has 0 saturated carbocycles. The lowest BCUT2D eigenvalue weighted by atomic mass is 9.81. The maximum atomic E-state index is 2.41. The molecule has 0 atom stereocenters. The van der Waals surface area contributed by atoms with Crippen LogP contribution in [0.4, 0.5) is 0 Å². The third kappa shape index (κ3) is 4.60. The van der Waals surface area contributed by atoms with E-state index in [0.717, 1.165) is 0 Å². The normalized spacial score (nSPS) is 13.1. The van der Waals surface area contributed by atoms with E-state index in [-0.39, 0.29) is 5.41 Å². The highest BCUT2D eigenvalue weighted by Crippen LogP contribution is 2.50. The number of hydrogen-bond acceptors (Lipinski definition) is 0. The summed E-state index contributed by atoms with van der Waals surface area (Å²) in [5.41, 5.74) is 15.5. The van der Waals surface area contributed by atoms with Gasteiger partial charge in [-0.25, -0.2) is 0 Å². The van der Waals surface area contributed by atoms with Crippen molar-refractivity contribution in [1.82, 2.24) is 0 Å². The SMILES string of the molecule is CC1(C)c2ccccc2-c2ccc(-c3ccc(-c4c5ccccc5c(-c5cc6ccccc6cc5-c5ccccc5)c5ccccc45)cc3)cc21. The fraction of sp³-hybridized carbons (Fsp3) is 0.0588. The number of rotatable bonds is 4. The van der Waals surface area contributed by atoms with Gasteiger partial charge in [0.1, 0.15) is 0 Å². The van der Waals surface area contributed by atoms with Crippen LogP contribution in [0.3, 0.4) is 0 Å². The van der Waals surface area contributed by atoms with Gasteiger partial charge in [-0.2, -0.15) is 0 Å². The van der Waals surface area contributed by atoms with Gasteiger partial charge in [-0.1, -0.05) is 178 Å². The highest BCUT2D eigenvalue weighted by atomic mass is 14.4. The standard InChI is InChI=1S/C51H36/c1-51(2)47-23-13-12-18-39(47)40-29-28-38(32-48(40)51)33-24-26-35(27-25-33)49-41-19-8-10-21-43(41)50(44-22-11-9-20-42(44)49)46-31-37-17-7-6-16-36(37)30-45(46)34-14-4-3-5-15-34/h3-32H,1-2H3. The van der Waals surface area contributed by atoms with E-state index < -0.39 is 0 Å². The summed E-state index contributed by atoms with van der Waals surface area (Å²) >= 11 is 0. The zero-order valence-corrected chi connectivity index (χ0v) is 28.8. The Morgan fingerprint density at radius 3 is 1.45 bits per heavy atom. The second-order valence-corrected chi connectivity index (χ2v) is 14.5. The molecule has 1 aliphatic rings. The van der Waals surface area contributed by atoms with Gasteiger partial charge in [0, 0.05) is 5.41 Å². The van der Waals surface area contributed by atoms with Gasteiger partial charge >= 0.3 is 0 Å². The third-order valence-corrected chi connectivity index (χ3v) is 11.3. The molecular weight excluding hydrogens is 613 g/mol. The summed E-state index contributed by atoms with van der Waals surface area (Å²) in [6.45, 7) is 4.70. The van der Waals surface area contributed by atoms with Crippen LogP contribution in [0.5, 0.6) is 0 Å². The number of fused-ring (bicyclic) bond motifs is 6. The molecule has 9 aromatic carbocycles. The summed E-state index contributed by atoms with van der Waals surface area (Å²) < 4.78 is 0. The minimum atomic E-state index is -0.0210. The van der Waals surface area contributed by atoms with Gasteiger partial charge < -0.3 is 0 Å². The smallest absolute Gasteiger partial charge is 0.0159 e. The Bertz CT molecular complexity index is 2740. The first-order chi connectivity index (χ1) is 25.1. The lowest BCUT2D eigenvalue weighted by molar-refractivity contribution is 0.660. The molecule has 0 nitrogen and oxygen atoms in total. The van der Waals surface area contributed by atoms with Crippen LogP contribution in [-0.4, -0.2) is 0 Å². The summed E-state index contributed by atoms with van der Waals surface area (Å²) in [4.78, 5) is 0. The van der Waals surface area contributed by atoms with Crippen molar-refractivity contribution in [3.8, 4) is 55.6 Å². The monoisotopic (exact) mass is 648 g/mol. The topological polar surface area (TPSA) is 0 Å². The molecule has 0 fully saturated rings. The molecule has 0 aliphatic heterocycles. The molecule has 9 aromatic rings. The van der Waals surface area contributed by atoms with E-state index in [1.807, 2.05) is 0 Å². The minimum Gasteiger partial charge on any atom is -0.0622 e. The fourth-order valence-electron chi connectivity index (χ4n) is 8.75. The van der Waals surface area contributed by atoms with Crippen LogP contribution >= 0.6 is 0 Å². The van der Waals surface area contributed by atoms with Gasteiger partial charge in [0.15, 0.2) is 0 Å².